The standard InChI is InChI=1S/C23H22ClN3O4/c24-18-8-4-16(5-9-18)12-15-26-22(28)20(17-6-10-19(11-7-17)27(30)31)21(23(26)29)25-13-2-1-3-14-25/h4-11H,1-3,12-15H2. The molecule has 7 nitrogen and oxygen atoms in total. The Bertz CT molecular complexity index is 1040. The Hall–Kier alpha value is -3.19. The lowest BCUT2D eigenvalue weighted by Crippen LogP contribution is -2.38. The Balaban J connectivity index is 1.64. The van der Waals surface area contributed by atoms with Gasteiger partial charge in [-0.3, -0.25) is 24.6 Å². The van der Waals surface area contributed by atoms with Gasteiger partial charge in [-0.25, -0.2) is 0 Å². The van der Waals surface area contributed by atoms with Gasteiger partial charge in [-0.15, -0.1) is 0 Å². The van der Waals surface area contributed by atoms with Crippen molar-refractivity contribution in [1.82, 2.24) is 9.80 Å². The predicted molar refractivity (Wildman–Crippen MR) is 117 cm³/mol. The van der Waals surface area contributed by atoms with Crippen molar-refractivity contribution in [3.8, 4) is 0 Å². The van der Waals surface area contributed by atoms with E-state index in [9.17, 15) is 19.7 Å². The molecule has 31 heavy (non-hydrogen) atoms. The van der Waals surface area contributed by atoms with Gasteiger partial charge in [0.05, 0.1) is 10.5 Å². The van der Waals surface area contributed by atoms with Gasteiger partial charge < -0.3 is 4.90 Å². The summed E-state index contributed by atoms with van der Waals surface area (Å²) >= 11 is 5.94. The molecule has 0 aliphatic carbocycles. The first kappa shape index (κ1) is 21.1. The van der Waals surface area contributed by atoms with Crippen molar-refractivity contribution in [2.45, 2.75) is 25.7 Å². The highest BCUT2D eigenvalue weighted by Gasteiger charge is 2.41. The first-order valence-electron chi connectivity index (χ1n) is 10.3. The summed E-state index contributed by atoms with van der Waals surface area (Å²) < 4.78 is 0. The van der Waals surface area contributed by atoms with Crippen LogP contribution in [-0.4, -0.2) is 46.2 Å². The zero-order chi connectivity index (χ0) is 22.0. The molecule has 1 saturated heterocycles. The van der Waals surface area contributed by atoms with Gasteiger partial charge in [-0.1, -0.05) is 23.7 Å². The normalized spacial score (nSPS) is 16.9. The molecule has 0 saturated carbocycles. The van der Waals surface area contributed by atoms with Crippen LogP contribution in [0.1, 0.15) is 30.4 Å². The fourth-order valence-corrected chi connectivity index (χ4v) is 4.21. The maximum Gasteiger partial charge on any atom is 0.277 e. The molecule has 2 amide bonds. The number of carbonyl (C=O) groups is 2. The number of imide groups is 1. The Morgan fingerprint density at radius 3 is 2.16 bits per heavy atom. The van der Waals surface area contributed by atoms with E-state index < -0.39 is 4.92 Å². The van der Waals surface area contributed by atoms with Crippen molar-refractivity contribution in [3.63, 3.8) is 0 Å². The average Bonchev–Trinajstić information content (AvgIpc) is 3.03. The van der Waals surface area contributed by atoms with Crippen molar-refractivity contribution in [1.29, 1.82) is 0 Å². The van der Waals surface area contributed by atoms with Gasteiger partial charge in [0, 0.05) is 36.8 Å². The van der Waals surface area contributed by atoms with Crippen molar-refractivity contribution in [3.05, 3.63) is 80.5 Å². The molecule has 0 unspecified atom stereocenters. The quantitative estimate of drug-likeness (QED) is 0.385. The van der Waals surface area contributed by atoms with E-state index in [4.69, 9.17) is 11.6 Å². The Morgan fingerprint density at radius 2 is 1.55 bits per heavy atom. The minimum absolute atomic E-state index is 0.0553. The second kappa shape index (κ2) is 8.89. The summed E-state index contributed by atoms with van der Waals surface area (Å²) in [6.45, 7) is 1.69. The summed E-state index contributed by atoms with van der Waals surface area (Å²) in [6, 6.07) is 13.1. The highest BCUT2D eigenvalue weighted by Crippen LogP contribution is 2.34. The molecule has 2 heterocycles. The molecule has 2 aromatic rings. The number of amides is 2. The van der Waals surface area contributed by atoms with Gasteiger partial charge in [0.1, 0.15) is 5.70 Å². The number of non-ortho nitro benzene ring substituents is 1. The van der Waals surface area contributed by atoms with Crippen LogP contribution in [-0.2, 0) is 16.0 Å². The van der Waals surface area contributed by atoms with Crippen molar-refractivity contribution >= 4 is 34.7 Å². The lowest BCUT2D eigenvalue weighted by Gasteiger charge is -2.29. The topological polar surface area (TPSA) is 83.8 Å². The minimum Gasteiger partial charge on any atom is -0.366 e. The molecular formula is C23H22ClN3O4. The van der Waals surface area contributed by atoms with E-state index in [2.05, 4.69) is 0 Å². The first-order valence-corrected chi connectivity index (χ1v) is 10.7. The fraction of sp³-hybridized carbons (Fsp3) is 0.304. The minimum atomic E-state index is -0.482. The first-order chi connectivity index (χ1) is 15.0. The number of nitrogens with zero attached hydrogens (tertiary/aromatic N) is 3. The number of hydrogen-bond acceptors (Lipinski definition) is 5. The van der Waals surface area contributed by atoms with Crippen molar-refractivity contribution < 1.29 is 14.5 Å². The van der Waals surface area contributed by atoms with E-state index in [1.807, 2.05) is 17.0 Å². The van der Waals surface area contributed by atoms with Gasteiger partial charge in [0.2, 0.25) is 0 Å². The second-order valence-corrected chi connectivity index (χ2v) is 8.15. The zero-order valence-electron chi connectivity index (χ0n) is 16.9. The van der Waals surface area contributed by atoms with Gasteiger partial charge >= 0.3 is 0 Å². The maximum absolute atomic E-state index is 13.3. The van der Waals surface area contributed by atoms with Gasteiger partial charge in [-0.2, -0.15) is 0 Å². The monoisotopic (exact) mass is 439 g/mol. The summed E-state index contributed by atoms with van der Waals surface area (Å²) in [7, 11) is 0. The van der Waals surface area contributed by atoms with Crippen LogP contribution in [0.2, 0.25) is 5.02 Å². The van der Waals surface area contributed by atoms with E-state index in [0.717, 1.165) is 37.9 Å². The number of nitro benzene ring substituents is 1. The molecule has 2 aliphatic heterocycles. The molecule has 160 valence electrons. The highest BCUT2D eigenvalue weighted by molar-refractivity contribution is 6.35. The number of carbonyl (C=O) groups excluding carboxylic acids is 2. The van der Waals surface area contributed by atoms with Crippen LogP contribution in [0, 0.1) is 10.1 Å². The number of rotatable bonds is 6. The van der Waals surface area contributed by atoms with Crippen LogP contribution in [0.15, 0.2) is 54.2 Å². The second-order valence-electron chi connectivity index (χ2n) is 7.71. The summed E-state index contributed by atoms with van der Waals surface area (Å²) in [5, 5.41) is 11.6. The number of likely N-dealkylation sites (tertiary alicyclic amines) is 1. The van der Waals surface area contributed by atoms with Gasteiger partial charge in [-0.05, 0) is 61.1 Å². The predicted octanol–water partition coefficient (Wildman–Crippen LogP) is 4.06. The summed E-state index contributed by atoms with van der Waals surface area (Å²) in [4.78, 5) is 40.5. The molecule has 0 aromatic heterocycles. The van der Waals surface area contributed by atoms with E-state index >= 15 is 0 Å². The average molecular weight is 440 g/mol. The lowest BCUT2D eigenvalue weighted by molar-refractivity contribution is -0.384. The Kier molecular flexibility index (Phi) is 6.04. The van der Waals surface area contributed by atoms with E-state index in [1.54, 1.807) is 24.3 Å². The molecule has 8 heteroatoms. The Morgan fingerprint density at radius 1 is 0.903 bits per heavy atom. The van der Waals surface area contributed by atoms with Crippen LogP contribution >= 0.6 is 11.6 Å². The molecule has 2 aromatic carbocycles. The molecule has 0 atom stereocenters. The van der Waals surface area contributed by atoms with Crippen LogP contribution in [0.5, 0.6) is 0 Å². The van der Waals surface area contributed by atoms with Gasteiger partial charge in [0.25, 0.3) is 17.5 Å². The largest absolute Gasteiger partial charge is 0.366 e. The SMILES string of the molecule is O=C1C(c2ccc([N+](=O)[O-])cc2)=C(N2CCCCC2)C(=O)N1CCc1ccc(Cl)cc1. The molecular weight excluding hydrogens is 418 g/mol. The smallest absolute Gasteiger partial charge is 0.277 e. The van der Waals surface area contributed by atoms with Crippen molar-refractivity contribution in [2.75, 3.05) is 19.6 Å². The van der Waals surface area contributed by atoms with E-state index in [0.29, 0.717) is 28.3 Å². The molecule has 1 fully saturated rings. The van der Waals surface area contributed by atoms with Gasteiger partial charge in [0.15, 0.2) is 0 Å². The van der Waals surface area contributed by atoms with Crippen LogP contribution in [0.25, 0.3) is 5.57 Å². The molecule has 4 rings (SSSR count). The highest BCUT2D eigenvalue weighted by atomic mass is 35.5. The third kappa shape index (κ3) is 4.32. The number of piperidine rings is 1. The van der Waals surface area contributed by atoms with Crippen LogP contribution in [0.3, 0.4) is 0 Å². The summed E-state index contributed by atoms with van der Waals surface area (Å²) in [5.74, 6) is -0.650. The lowest BCUT2D eigenvalue weighted by atomic mass is 10.0. The maximum atomic E-state index is 13.3. The molecule has 0 N–H and O–H groups in total. The van der Waals surface area contributed by atoms with E-state index in [-0.39, 0.29) is 24.0 Å². The zero-order valence-corrected chi connectivity index (χ0v) is 17.7. The Labute approximate surface area is 185 Å². The van der Waals surface area contributed by atoms with Crippen LogP contribution in [0.4, 0.5) is 5.69 Å². The van der Waals surface area contributed by atoms with Crippen LogP contribution < -0.4 is 0 Å². The summed E-state index contributed by atoms with van der Waals surface area (Å²) in [6.07, 6.45) is 3.54. The van der Waals surface area contributed by atoms with Crippen molar-refractivity contribution in [2.24, 2.45) is 0 Å². The third-order valence-electron chi connectivity index (χ3n) is 5.72. The number of benzene rings is 2. The number of halogens is 1. The molecule has 2 aliphatic rings. The number of hydrogen-bond donors (Lipinski definition) is 0. The number of nitro groups is 1. The van der Waals surface area contributed by atoms with E-state index in [1.165, 1.54) is 17.0 Å². The molecule has 0 bridgehead atoms. The fourth-order valence-electron chi connectivity index (χ4n) is 4.08. The third-order valence-corrected chi connectivity index (χ3v) is 5.97. The molecule has 0 spiro atoms. The summed E-state index contributed by atoms with van der Waals surface area (Å²) in [5.41, 5.74) is 2.19. The molecule has 0 radical (unpaired) electrons.